The molecule has 0 N–H and O–H groups in total. The topological polar surface area (TPSA) is 48.2 Å². The van der Waals surface area contributed by atoms with Gasteiger partial charge in [0.2, 0.25) is 0 Å². The van der Waals surface area contributed by atoms with Crippen LogP contribution in [-0.4, -0.2) is 54.8 Å². The molecular formula is C24H26ClN3O3. The molecule has 0 unspecified atom stereocenters. The lowest BCUT2D eigenvalue weighted by atomic mass is 10.1. The number of hydrogen-bond donors (Lipinski definition) is 0. The number of rotatable bonds is 5. The van der Waals surface area contributed by atoms with Crippen molar-refractivity contribution in [2.24, 2.45) is 0 Å². The fourth-order valence-electron chi connectivity index (χ4n) is 4.15. The summed E-state index contributed by atoms with van der Waals surface area (Å²) >= 11 is 0. The van der Waals surface area contributed by atoms with Crippen LogP contribution in [0.5, 0.6) is 11.5 Å². The van der Waals surface area contributed by atoms with Crippen LogP contribution in [0.25, 0.3) is 27.7 Å². The third kappa shape index (κ3) is 3.94. The Hall–Kier alpha value is -2.80. The van der Waals surface area contributed by atoms with Crippen molar-refractivity contribution in [1.82, 2.24) is 14.3 Å². The van der Waals surface area contributed by atoms with Crippen LogP contribution < -0.4 is 9.47 Å². The minimum absolute atomic E-state index is 0. The summed E-state index contributed by atoms with van der Waals surface area (Å²) in [6.07, 6.45) is 2.13. The van der Waals surface area contributed by atoms with Crippen LogP contribution in [0.15, 0.2) is 54.7 Å². The molecule has 162 valence electrons. The van der Waals surface area contributed by atoms with Gasteiger partial charge in [0.25, 0.3) is 0 Å². The molecule has 0 amide bonds. The van der Waals surface area contributed by atoms with Gasteiger partial charge in [-0.05, 0) is 29.7 Å². The normalized spacial score (nSPS) is 14.5. The number of hydrogen-bond acceptors (Lipinski definition) is 5. The number of fused-ring (bicyclic) bond motifs is 3. The van der Waals surface area contributed by atoms with Gasteiger partial charge < -0.3 is 18.6 Å². The maximum atomic E-state index is 5.55. The summed E-state index contributed by atoms with van der Waals surface area (Å²) in [6, 6.07) is 16.5. The number of halogens is 1. The van der Waals surface area contributed by atoms with E-state index in [1.54, 1.807) is 14.2 Å². The van der Waals surface area contributed by atoms with E-state index in [2.05, 4.69) is 45.8 Å². The van der Waals surface area contributed by atoms with Crippen molar-refractivity contribution in [2.45, 2.75) is 6.54 Å². The van der Waals surface area contributed by atoms with Crippen LogP contribution >= 0.6 is 12.4 Å². The molecule has 0 bridgehead atoms. The molecule has 0 spiro atoms. The summed E-state index contributed by atoms with van der Waals surface area (Å²) in [7, 11) is 3.31. The SMILES string of the molecule is COc1ccc(-c2nc3c4ccccc4ccn3c2CN2CCOCC2)cc1OC.Cl. The second kappa shape index (κ2) is 9.14. The second-order valence-electron chi connectivity index (χ2n) is 7.46. The summed E-state index contributed by atoms with van der Waals surface area (Å²) in [6.45, 7) is 4.20. The molecule has 0 saturated carbocycles. The Balaban J connectivity index is 0.00000231. The van der Waals surface area contributed by atoms with Gasteiger partial charge in [-0.25, -0.2) is 4.98 Å². The van der Waals surface area contributed by atoms with Crippen LogP contribution in [0.3, 0.4) is 0 Å². The fourth-order valence-corrected chi connectivity index (χ4v) is 4.15. The van der Waals surface area contributed by atoms with Crippen molar-refractivity contribution >= 4 is 28.8 Å². The van der Waals surface area contributed by atoms with E-state index in [1.165, 1.54) is 11.1 Å². The van der Waals surface area contributed by atoms with E-state index in [4.69, 9.17) is 19.2 Å². The lowest BCUT2D eigenvalue weighted by Crippen LogP contribution is -2.36. The van der Waals surface area contributed by atoms with E-state index >= 15 is 0 Å². The molecule has 2 aromatic heterocycles. The van der Waals surface area contributed by atoms with E-state index in [1.807, 2.05) is 18.2 Å². The van der Waals surface area contributed by atoms with E-state index in [0.29, 0.717) is 11.5 Å². The van der Waals surface area contributed by atoms with Gasteiger partial charge >= 0.3 is 0 Å². The van der Waals surface area contributed by atoms with Crippen molar-refractivity contribution in [3.8, 4) is 22.8 Å². The Morgan fingerprint density at radius 1 is 0.968 bits per heavy atom. The predicted octanol–water partition coefficient (Wildman–Crippen LogP) is 4.43. The number of morpholine rings is 1. The quantitative estimate of drug-likeness (QED) is 0.460. The summed E-state index contributed by atoms with van der Waals surface area (Å²) in [5.41, 5.74) is 4.13. The summed E-state index contributed by atoms with van der Waals surface area (Å²) in [4.78, 5) is 7.54. The molecule has 1 aliphatic heterocycles. The minimum Gasteiger partial charge on any atom is -0.493 e. The lowest BCUT2D eigenvalue weighted by Gasteiger charge is -2.26. The van der Waals surface area contributed by atoms with Gasteiger partial charge in [0.1, 0.15) is 5.65 Å². The lowest BCUT2D eigenvalue weighted by molar-refractivity contribution is 0.0336. The molecule has 5 rings (SSSR count). The first-order valence-corrected chi connectivity index (χ1v) is 10.2. The molecule has 4 aromatic rings. The third-order valence-electron chi connectivity index (χ3n) is 5.75. The number of benzene rings is 2. The van der Waals surface area contributed by atoms with Gasteiger partial charge in [-0.2, -0.15) is 0 Å². The number of nitrogens with zero attached hydrogens (tertiary/aromatic N) is 3. The van der Waals surface area contributed by atoms with Crippen LogP contribution in [-0.2, 0) is 11.3 Å². The number of pyridine rings is 1. The van der Waals surface area contributed by atoms with E-state index < -0.39 is 0 Å². The average Bonchev–Trinajstić information content (AvgIpc) is 3.18. The number of aromatic nitrogens is 2. The zero-order valence-corrected chi connectivity index (χ0v) is 18.5. The fraction of sp³-hybridized carbons (Fsp3) is 0.292. The molecule has 0 atom stereocenters. The van der Waals surface area contributed by atoms with Crippen LogP contribution in [0, 0.1) is 0 Å². The van der Waals surface area contributed by atoms with Gasteiger partial charge in [0.15, 0.2) is 11.5 Å². The number of methoxy groups -OCH3 is 2. The zero-order valence-electron chi connectivity index (χ0n) is 17.7. The largest absolute Gasteiger partial charge is 0.493 e. The molecule has 0 radical (unpaired) electrons. The molecule has 3 heterocycles. The highest BCUT2D eigenvalue weighted by molar-refractivity contribution is 5.95. The Morgan fingerprint density at radius 3 is 2.52 bits per heavy atom. The first kappa shape index (κ1) is 21.4. The van der Waals surface area contributed by atoms with E-state index in [9.17, 15) is 0 Å². The predicted molar refractivity (Wildman–Crippen MR) is 125 cm³/mol. The monoisotopic (exact) mass is 439 g/mol. The zero-order chi connectivity index (χ0) is 20.5. The molecule has 2 aromatic carbocycles. The van der Waals surface area contributed by atoms with Crippen LogP contribution in [0.1, 0.15) is 5.69 Å². The van der Waals surface area contributed by atoms with Gasteiger partial charge in [0, 0.05) is 36.8 Å². The first-order chi connectivity index (χ1) is 14.8. The molecule has 31 heavy (non-hydrogen) atoms. The summed E-state index contributed by atoms with van der Waals surface area (Å²) in [5, 5.41) is 2.33. The van der Waals surface area contributed by atoms with Crippen molar-refractivity contribution in [1.29, 1.82) is 0 Å². The van der Waals surface area contributed by atoms with Gasteiger partial charge in [0.05, 0.1) is 38.8 Å². The average molecular weight is 440 g/mol. The Morgan fingerprint density at radius 2 is 1.74 bits per heavy atom. The van der Waals surface area contributed by atoms with Crippen LogP contribution in [0.2, 0.25) is 0 Å². The van der Waals surface area contributed by atoms with Crippen molar-refractivity contribution in [3.05, 3.63) is 60.4 Å². The molecule has 1 saturated heterocycles. The van der Waals surface area contributed by atoms with Crippen molar-refractivity contribution < 1.29 is 14.2 Å². The molecule has 6 nitrogen and oxygen atoms in total. The standard InChI is InChI=1S/C24H25N3O3.ClH/c1-28-21-8-7-18(15-22(21)29-2)23-20(16-26-11-13-30-14-12-26)27-10-9-17-5-3-4-6-19(17)24(27)25-23;/h3-10,15H,11-14,16H2,1-2H3;1H. The molecule has 1 aliphatic rings. The number of imidazole rings is 1. The van der Waals surface area contributed by atoms with Crippen LogP contribution in [0.4, 0.5) is 0 Å². The maximum Gasteiger partial charge on any atom is 0.161 e. The highest BCUT2D eigenvalue weighted by Crippen LogP contribution is 2.35. The summed E-state index contributed by atoms with van der Waals surface area (Å²) in [5.74, 6) is 1.42. The van der Waals surface area contributed by atoms with E-state index in [-0.39, 0.29) is 12.4 Å². The smallest absolute Gasteiger partial charge is 0.161 e. The third-order valence-corrected chi connectivity index (χ3v) is 5.75. The highest BCUT2D eigenvalue weighted by Gasteiger charge is 2.21. The molecule has 0 aliphatic carbocycles. The Kier molecular flexibility index (Phi) is 6.32. The van der Waals surface area contributed by atoms with Gasteiger partial charge in [-0.15, -0.1) is 12.4 Å². The van der Waals surface area contributed by atoms with Crippen molar-refractivity contribution in [2.75, 3.05) is 40.5 Å². The molecular weight excluding hydrogens is 414 g/mol. The first-order valence-electron chi connectivity index (χ1n) is 10.2. The molecule has 1 fully saturated rings. The molecule has 7 heteroatoms. The maximum absolute atomic E-state index is 5.55. The summed E-state index contributed by atoms with van der Waals surface area (Å²) < 4.78 is 18.7. The second-order valence-corrected chi connectivity index (χ2v) is 7.46. The Labute approximate surface area is 187 Å². The number of ether oxygens (including phenoxy) is 3. The highest BCUT2D eigenvalue weighted by atomic mass is 35.5. The Bertz CT molecular complexity index is 1200. The van der Waals surface area contributed by atoms with Gasteiger partial charge in [-0.1, -0.05) is 24.3 Å². The minimum atomic E-state index is 0. The van der Waals surface area contributed by atoms with Crippen molar-refractivity contribution in [3.63, 3.8) is 0 Å². The van der Waals surface area contributed by atoms with Gasteiger partial charge in [-0.3, -0.25) is 4.90 Å². The van der Waals surface area contributed by atoms with E-state index in [0.717, 1.165) is 55.1 Å².